The molecule has 1 aliphatic heterocycles. The van der Waals surface area contributed by atoms with Crippen molar-refractivity contribution in [2.45, 2.75) is 30.8 Å². The van der Waals surface area contributed by atoms with E-state index in [2.05, 4.69) is 10.6 Å². The molecule has 0 unspecified atom stereocenters. The third-order valence-corrected chi connectivity index (χ3v) is 9.12. The minimum absolute atomic E-state index is 0.127. The lowest BCUT2D eigenvalue weighted by Gasteiger charge is -2.30. The van der Waals surface area contributed by atoms with Crippen LogP contribution in [0.5, 0.6) is 11.5 Å². The normalized spacial score (nSPS) is 21.4. The number of nitrogens with zero attached hydrogens (tertiary/aromatic N) is 1. The van der Waals surface area contributed by atoms with Gasteiger partial charge in [-0.05, 0) is 49.2 Å². The summed E-state index contributed by atoms with van der Waals surface area (Å²) in [6.07, 6.45) is 0.807. The van der Waals surface area contributed by atoms with Crippen LogP contribution in [-0.2, 0) is 19.4 Å². The molecular formula is C28H36FN3O7S. The van der Waals surface area contributed by atoms with Crippen LogP contribution in [-0.4, -0.2) is 95.3 Å². The fourth-order valence-electron chi connectivity index (χ4n) is 4.97. The first-order valence-corrected chi connectivity index (χ1v) is 15.0. The number of ether oxygens (including phenoxy) is 3. The average Bonchev–Trinajstić information content (AvgIpc) is 3.62. The molecule has 0 bridgehead atoms. The fraction of sp³-hybridized carbons (Fsp3) is 0.500. The third-order valence-electron chi connectivity index (χ3n) is 7.45. The highest BCUT2D eigenvalue weighted by Crippen LogP contribution is 2.53. The molecule has 1 aliphatic carbocycles. The van der Waals surface area contributed by atoms with Gasteiger partial charge in [0.15, 0.2) is 9.84 Å². The summed E-state index contributed by atoms with van der Waals surface area (Å²) in [6.45, 7) is 3.48. The van der Waals surface area contributed by atoms with Crippen molar-refractivity contribution in [1.82, 2.24) is 15.5 Å². The van der Waals surface area contributed by atoms with Gasteiger partial charge in [-0.15, -0.1) is 0 Å². The van der Waals surface area contributed by atoms with Crippen molar-refractivity contribution in [1.29, 1.82) is 0 Å². The van der Waals surface area contributed by atoms with Crippen molar-refractivity contribution in [3.8, 4) is 11.5 Å². The van der Waals surface area contributed by atoms with Gasteiger partial charge in [0.25, 0.3) is 5.91 Å². The highest BCUT2D eigenvalue weighted by molar-refractivity contribution is 7.91. The van der Waals surface area contributed by atoms with Crippen LogP contribution in [0.4, 0.5) is 4.39 Å². The van der Waals surface area contributed by atoms with Crippen LogP contribution in [0.15, 0.2) is 42.5 Å². The first kappa shape index (κ1) is 29.8. The summed E-state index contributed by atoms with van der Waals surface area (Å²) in [4.78, 5) is 27.5. The topological polar surface area (TPSA) is 123 Å². The zero-order chi connectivity index (χ0) is 28.9. The summed E-state index contributed by atoms with van der Waals surface area (Å²) in [7, 11) is -0.568. The van der Waals surface area contributed by atoms with E-state index in [1.54, 1.807) is 14.2 Å². The van der Waals surface area contributed by atoms with E-state index in [0.29, 0.717) is 37.8 Å². The van der Waals surface area contributed by atoms with Gasteiger partial charge < -0.3 is 29.7 Å². The number of methoxy groups -OCH3 is 2. The number of hydrogen-bond acceptors (Lipinski definition) is 8. The standard InChI is InChI=1S/C28H36FN3O7S/c1-28(17-23(28)22-9-8-21(37-2)16-25(22)38-3)30-10-15-40(35,36)18-24(27(34)32-11-13-39-14-12-32)31-26(33)19-4-6-20(29)7-5-19/h4-9,16,23-24,30H,10-15,17-18H2,1-3H3,(H,31,33)/t23-,24+,28+/m0/s1. The number of carbonyl (C=O) groups is 2. The summed E-state index contributed by atoms with van der Waals surface area (Å²) in [6, 6.07) is 9.18. The first-order valence-electron chi connectivity index (χ1n) is 13.2. The van der Waals surface area contributed by atoms with Crippen molar-refractivity contribution in [2.75, 3.05) is 58.6 Å². The number of rotatable bonds is 12. The number of benzene rings is 2. The smallest absolute Gasteiger partial charge is 0.251 e. The Morgan fingerprint density at radius 1 is 1.12 bits per heavy atom. The second kappa shape index (κ2) is 12.5. The molecule has 4 rings (SSSR count). The predicted octanol–water partition coefficient (Wildman–Crippen LogP) is 1.75. The maximum absolute atomic E-state index is 13.3. The van der Waals surface area contributed by atoms with Crippen molar-refractivity contribution in [2.24, 2.45) is 0 Å². The molecule has 2 N–H and O–H groups in total. The number of amides is 2. The van der Waals surface area contributed by atoms with Crippen LogP contribution in [0.25, 0.3) is 0 Å². The molecular weight excluding hydrogens is 541 g/mol. The minimum atomic E-state index is -3.75. The van der Waals surface area contributed by atoms with E-state index >= 15 is 0 Å². The zero-order valence-electron chi connectivity index (χ0n) is 22.9. The summed E-state index contributed by atoms with van der Waals surface area (Å²) < 4.78 is 55.7. The molecule has 2 aliphatic rings. The highest BCUT2D eigenvalue weighted by Gasteiger charge is 2.51. The van der Waals surface area contributed by atoms with Crippen molar-refractivity contribution in [3.63, 3.8) is 0 Å². The molecule has 1 saturated heterocycles. The number of sulfone groups is 1. The molecule has 2 fully saturated rings. The number of hydrogen-bond donors (Lipinski definition) is 2. The SMILES string of the molecule is COc1ccc([C@@H]2C[C@@]2(C)NCCS(=O)(=O)C[C@@H](NC(=O)c2ccc(F)cc2)C(=O)N2CCOCC2)c(OC)c1. The van der Waals surface area contributed by atoms with Crippen LogP contribution >= 0.6 is 0 Å². The van der Waals surface area contributed by atoms with Gasteiger partial charge in [-0.3, -0.25) is 9.59 Å². The molecule has 3 atom stereocenters. The first-order chi connectivity index (χ1) is 19.0. The van der Waals surface area contributed by atoms with E-state index in [1.165, 1.54) is 17.0 Å². The lowest BCUT2D eigenvalue weighted by Crippen LogP contribution is -2.54. The van der Waals surface area contributed by atoms with Gasteiger partial charge in [0.1, 0.15) is 23.4 Å². The van der Waals surface area contributed by atoms with E-state index in [0.717, 1.165) is 24.1 Å². The molecule has 0 aromatic heterocycles. The van der Waals surface area contributed by atoms with E-state index in [9.17, 15) is 22.4 Å². The second-order valence-corrected chi connectivity index (χ2v) is 12.5. The van der Waals surface area contributed by atoms with Crippen LogP contribution in [0.1, 0.15) is 35.2 Å². The summed E-state index contributed by atoms with van der Waals surface area (Å²) >= 11 is 0. The largest absolute Gasteiger partial charge is 0.497 e. The predicted molar refractivity (Wildman–Crippen MR) is 147 cm³/mol. The molecule has 218 valence electrons. The van der Waals surface area contributed by atoms with Crippen LogP contribution in [0.2, 0.25) is 0 Å². The Bertz CT molecular complexity index is 1320. The van der Waals surface area contributed by atoms with Crippen molar-refractivity contribution >= 4 is 21.7 Å². The molecule has 40 heavy (non-hydrogen) atoms. The molecule has 1 saturated carbocycles. The molecule has 10 nitrogen and oxygen atoms in total. The summed E-state index contributed by atoms with van der Waals surface area (Å²) in [5.74, 6) is -0.874. The maximum Gasteiger partial charge on any atom is 0.251 e. The van der Waals surface area contributed by atoms with E-state index < -0.39 is 39.3 Å². The van der Waals surface area contributed by atoms with Crippen LogP contribution < -0.4 is 20.1 Å². The van der Waals surface area contributed by atoms with E-state index in [1.807, 2.05) is 25.1 Å². The van der Waals surface area contributed by atoms with Gasteiger partial charge in [-0.1, -0.05) is 6.07 Å². The van der Waals surface area contributed by atoms with Gasteiger partial charge in [0, 0.05) is 42.7 Å². The average molecular weight is 578 g/mol. The summed E-state index contributed by atoms with van der Waals surface area (Å²) in [5.41, 5.74) is 0.833. The number of nitrogens with one attached hydrogen (secondary N) is 2. The Balaban J connectivity index is 1.39. The molecule has 2 amide bonds. The monoisotopic (exact) mass is 577 g/mol. The van der Waals surface area contributed by atoms with Crippen LogP contribution in [0.3, 0.4) is 0 Å². The fourth-order valence-corrected chi connectivity index (χ4v) is 6.28. The molecule has 0 radical (unpaired) electrons. The quantitative estimate of drug-likeness (QED) is 0.391. The van der Waals surface area contributed by atoms with Crippen molar-refractivity contribution in [3.05, 3.63) is 59.4 Å². The number of morpholine rings is 1. The second-order valence-electron chi connectivity index (χ2n) is 10.3. The molecule has 0 spiro atoms. The molecule has 1 heterocycles. The van der Waals surface area contributed by atoms with Gasteiger partial charge in [0.2, 0.25) is 5.91 Å². The van der Waals surface area contributed by atoms with Gasteiger partial charge in [-0.2, -0.15) is 0 Å². The van der Waals surface area contributed by atoms with Gasteiger partial charge in [0.05, 0.1) is 38.9 Å². The van der Waals surface area contributed by atoms with E-state index in [4.69, 9.17) is 14.2 Å². The Labute approximate surface area is 234 Å². The lowest BCUT2D eigenvalue weighted by molar-refractivity contribution is -0.136. The Morgan fingerprint density at radius 2 is 1.82 bits per heavy atom. The highest BCUT2D eigenvalue weighted by atomic mass is 32.2. The lowest BCUT2D eigenvalue weighted by atomic mass is 10.1. The molecule has 2 aromatic rings. The molecule has 12 heteroatoms. The number of carbonyl (C=O) groups excluding carboxylic acids is 2. The van der Waals surface area contributed by atoms with Gasteiger partial charge in [-0.25, -0.2) is 12.8 Å². The Kier molecular flexibility index (Phi) is 9.32. The maximum atomic E-state index is 13.3. The molecule has 2 aromatic carbocycles. The van der Waals surface area contributed by atoms with Crippen LogP contribution in [0, 0.1) is 5.82 Å². The Morgan fingerprint density at radius 3 is 2.48 bits per heavy atom. The van der Waals surface area contributed by atoms with E-state index in [-0.39, 0.29) is 29.3 Å². The summed E-state index contributed by atoms with van der Waals surface area (Å²) in [5, 5.41) is 5.91. The minimum Gasteiger partial charge on any atom is -0.497 e. The zero-order valence-corrected chi connectivity index (χ0v) is 23.8. The third kappa shape index (κ3) is 7.29. The van der Waals surface area contributed by atoms with Crippen molar-refractivity contribution < 1.29 is 36.6 Å². The number of halogens is 1. The Hall–Kier alpha value is -3.22. The van der Waals surface area contributed by atoms with Gasteiger partial charge >= 0.3 is 0 Å².